The third-order valence-electron chi connectivity index (χ3n) is 1.98. The van der Waals surface area contributed by atoms with E-state index in [0.29, 0.717) is 6.54 Å². The first-order valence-electron chi connectivity index (χ1n) is 4.11. The van der Waals surface area contributed by atoms with Gasteiger partial charge in [0.2, 0.25) is 0 Å². The number of nitrogens with one attached hydrogen (secondary N) is 1. The van der Waals surface area contributed by atoms with E-state index < -0.39 is 0 Å². The van der Waals surface area contributed by atoms with Crippen molar-refractivity contribution in [1.82, 2.24) is 10.2 Å². The van der Waals surface area contributed by atoms with Crippen LogP contribution in [0.2, 0.25) is 0 Å². The Balaban J connectivity index is 2.51. The number of rotatable bonds is 2. The summed E-state index contributed by atoms with van der Waals surface area (Å²) in [4.78, 5) is 0. The standard InChI is InChI=1S/C10H10N3/c11-5-8-3-1-2-4-10(8)9-6-12-13-7-9/h1-4,6H,5,11H2,(H,12,13). The molecule has 1 aromatic carbocycles. The summed E-state index contributed by atoms with van der Waals surface area (Å²) in [7, 11) is 0. The topological polar surface area (TPSA) is 54.7 Å². The molecule has 0 aliphatic carbocycles. The molecule has 2 rings (SSSR count). The van der Waals surface area contributed by atoms with Gasteiger partial charge in [0, 0.05) is 18.3 Å². The van der Waals surface area contributed by atoms with Crippen molar-refractivity contribution in [3.63, 3.8) is 0 Å². The second-order valence-electron chi connectivity index (χ2n) is 2.77. The first-order chi connectivity index (χ1) is 6.42. The number of aromatic nitrogens is 2. The Bertz CT molecular complexity index is 379. The van der Waals surface area contributed by atoms with Gasteiger partial charge >= 0.3 is 0 Å². The van der Waals surface area contributed by atoms with Crippen molar-refractivity contribution in [2.24, 2.45) is 5.73 Å². The first kappa shape index (κ1) is 8.01. The highest BCUT2D eigenvalue weighted by Gasteiger charge is 2.03. The lowest BCUT2D eigenvalue weighted by Gasteiger charge is -2.03. The summed E-state index contributed by atoms with van der Waals surface area (Å²) >= 11 is 0. The van der Waals surface area contributed by atoms with Crippen LogP contribution in [-0.2, 0) is 6.54 Å². The third-order valence-corrected chi connectivity index (χ3v) is 1.98. The largest absolute Gasteiger partial charge is 0.326 e. The molecule has 0 bridgehead atoms. The molecular weight excluding hydrogens is 162 g/mol. The number of hydrogen-bond acceptors (Lipinski definition) is 2. The summed E-state index contributed by atoms with van der Waals surface area (Å²) in [6.07, 6.45) is 4.68. The van der Waals surface area contributed by atoms with Crippen LogP contribution in [0.1, 0.15) is 5.56 Å². The highest BCUT2D eigenvalue weighted by Crippen LogP contribution is 2.21. The van der Waals surface area contributed by atoms with E-state index in [2.05, 4.69) is 16.4 Å². The van der Waals surface area contributed by atoms with Gasteiger partial charge in [0.15, 0.2) is 0 Å². The molecule has 1 aromatic heterocycles. The number of nitrogens with zero attached hydrogens (tertiary/aromatic N) is 1. The number of hydrogen-bond donors (Lipinski definition) is 2. The lowest BCUT2D eigenvalue weighted by atomic mass is 10.0. The van der Waals surface area contributed by atoms with Gasteiger partial charge in [0.1, 0.15) is 6.20 Å². The minimum atomic E-state index is 0.537. The Labute approximate surface area is 76.6 Å². The summed E-state index contributed by atoms with van der Waals surface area (Å²) in [6, 6.07) is 7.99. The van der Waals surface area contributed by atoms with Crippen molar-refractivity contribution in [2.75, 3.05) is 0 Å². The summed E-state index contributed by atoms with van der Waals surface area (Å²) in [5.74, 6) is 0. The molecule has 0 atom stereocenters. The maximum absolute atomic E-state index is 5.61. The Morgan fingerprint density at radius 2 is 2.23 bits per heavy atom. The van der Waals surface area contributed by atoms with E-state index in [1.54, 1.807) is 0 Å². The van der Waals surface area contributed by atoms with Crippen molar-refractivity contribution < 1.29 is 0 Å². The average molecular weight is 172 g/mol. The van der Waals surface area contributed by atoms with Gasteiger partial charge in [-0.25, -0.2) is 0 Å². The van der Waals surface area contributed by atoms with E-state index in [-0.39, 0.29) is 0 Å². The smallest absolute Gasteiger partial charge is 0.121 e. The lowest BCUT2D eigenvalue weighted by Crippen LogP contribution is -1.97. The molecule has 0 spiro atoms. The molecule has 0 saturated heterocycles. The number of H-pyrrole nitrogens is 1. The molecule has 0 aliphatic rings. The minimum Gasteiger partial charge on any atom is -0.326 e. The van der Waals surface area contributed by atoms with Crippen LogP contribution in [0.15, 0.2) is 30.5 Å². The predicted octanol–water partition coefficient (Wildman–Crippen LogP) is 1.34. The quantitative estimate of drug-likeness (QED) is 0.718. The maximum atomic E-state index is 5.61. The van der Waals surface area contributed by atoms with Crippen LogP contribution >= 0.6 is 0 Å². The summed E-state index contributed by atoms with van der Waals surface area (Å²) in [5.41, 5.74) is 8.78. The Morgan fingerprint density at radius 1 is 1.38 bits per heavy atom. The molecule has 0 saturated carbocycles. The number of aromatic amines is 1. The van der Waals surface area contributed by atoms with E-state index >= 15 is 0 Å². The van der Waals surface area contributed by atoms with Gasteiger partial charge in [-0.3, -0.25) is 5.10 Å². The molecule has 1 radical (unpaired) electrons. The second kappa shape index (κ2) is 3.41. The van der Waals surface area contributed by atoms with Crippen LogP contribution < -0.4 is 5.73 Å². The Morgan fingerprint density at radius 3 is 2.92 bits per heavy atom. The molecule has 0 amide bonds. The highest BCUT2D eigenvalue weighted by molar-refractivity contribution is 5.65. The summed E-state index contributed by atoms with van der Waals surface area (Å²) in [5, 5.41) is 6.52. The van der Waals surface area contributed by atoms with Gasteiger partial charge in [0.25, 0.3) is 0 Å². The summed E-state index contributed by atoms with van der Waals surface area (Å²) in [6.45, 7) is 0.537. The van der Waals surface area contributed by atoms with E-state index in [1.165, 1.54) is 0 Å². The van der Waals surface area contributed by atoms with Crippen molar-refractivity contribution >= 4 is 0 Å². The fraction of sp³-hybridized carbons (Fsp3) is 0.100. The molecule has 3 N–H and O–H groups in total. The molecule has 13 heavy (non-hydrogen) atoms. The van der Waals surface area contributed by atoms with Crippen LogP contribution in [0.25, 0.3) is 11.1 Å². The van der Waals surface area contributed by atoms with Crippen molar-refractivity contribution in [3.8, 4) is 11.1 Å². The normalized spacial score (nSPS) is 10.2. The van der Waals surface area contributed by atoms with Crippen LogP contribution in [0, 0.1) is 6.20 Å². The lowest BCUT2D eigenvalue weighted by molar-refractivity contribution is 1.07. The number of benzene rings is 1. The van der Waals surface area contributed by atoms with E-state index in [4.69, 9.17) is 5.73 Å². The molecule has 0 fully saturated rings. The molecule has 0 unspecified atom stereocenters. The van der Waals surface area contributed by atoms with Crippen LogP contribution in [-0.4, -0.2) is 10.2 Å². The van der Waals surface area contributed by atoms with Gasteiger partial charge < -0.3 is 5.73 Å². The zero-order valence-corrected chi connectivity index (χ0v) is 7.12. The monoisotopic (exact) mass is 172 g/mol. The fourth-order valence-corrected chi connectivity index (χ4v) is 1.32. The van der Waals surface area contributed by atoms with Gasteiger partial charge in [0.05, 0.1) is 0 Å². The van der Waals surface area contributed by atoms with Crippen LogP contribution in [0.4, 0.5) is 0 Å². The van der Waals surface area contributed by atoms with Crippen LogP contribution in [0.3, 0.4) is 0 Å². The molecule has 3 nitrogen and oxygen atoms in total. The molecule has 0 aliphatic heterocycles. The fourth-order valence-electron chi connectivity index (χ4n) is 1.32. The summed E-state index contributed by atoms with van der Waals surface area (Å²) < 4.78 is 0. The van der Waals surface area contributed by atoms with Gasteiger partial charge in [-0.15, -0.1) is 0 Å². The SMILES string of the molecule is NCc1ccccc1-c1[c]n[nH]c1. The minimum absolute atomic E-state index is 0.537. The Kier molecular flexibility index (Phi) is 2.10. The maximum Gasteiger partial charge on any atom is 0.121 e. The van der Waals surface area contributed by atoms with Crippen LogP contribution in [0.5, 0.6) is 0 Å². The van der Waals surface area contributed by atoms with E-state index in [0.717, 1.165) is 16.7 Å². The molecule has 65 valence electrons. The van der Waals surface area contributed by atoms with Gasteiger partial charge in [-0.05, 0) is 11.1 Å². The van der Waals surface area contributed by atoms with Gasteiger partial charge in [-0.1, -0.05) is 24.3 Å². The van der Waals surface area contributed by atoms with Gasteiger partial charge in [-0.2, -0.15) is 5.10 Å². The zero-order valence-electron chi connectivity index (χ0n) is 7.12. The molecule has 1 heterocycles. The first-order valence-corrected chi connectivity index (χ1v) is 4.11. The van der Waals surface area contributed by atoms with E-state index in [9.17, 15) is 0 Å². The zero-order chi connectivity index (χ0) is 9.10. The van der Waals surface area contributed by atoms with Crippen molar-refractivity contribution in [2.45, 2.75) is 6.54 Å². The number of nitrogens with two attached hydrogens (primary N) is 1. The van der Waals surface area contributed by atoms with Crippen molar-refractivity contribution in [1.29, 1.82) is 0 Å². The average Bonchev–Trinajstić information content (AvgIpc) is 2.70. The molecule has 3 heteroatoms. The Hall–Kier alpha value is -1.61. The van der Waals surface area contributed by atoms with E-state index in [1.807, 2.05) is 30.5 Å². The molecular formula is C10H10N3. The highest BCUT2D eigenvalue weighted by atomic mass is 15.1. The second-order valence-corrected chi connectivity index (χ2v) is 2.77. The predicted molar refractivity (Wildman–Crippen MR) is 50.8 cm³/mol. The van der Waals surface area contributed by atoms with Crippen molar-refractivity contribution in [3.05, 3.63) is 42.2 Å². The molecule has 2 aromatic rings. The third kappa shape index (κ3) is 1.46.